The van der Waals surface area contributed by atoms with Crippen molar-refractivity contribution in [2.75, 3.05) is 0 Å². The summed E-state index contributed by atoms with van der Waals surface area (Å²) < 4.78 is 0. The number of H-pyrrole nitrogens is 1. The van der Waals surface area contributed by atoms with E-state index in [1.807, 2.05) is 0 Å². The first kappa shape index (κ1) is 10.1. The van der Waals surface area contributed by atoms with Crippen LogP contribution in [0.15, 0.2) is 23.1 Å². The number of pyridine rings is 2. The number of nitrogens with two attached hydrogens (primary N) is 1. The van der Waals surface area contributed by atoms with Gasteiger partial charge in [0.2, 0.25) is 0 Å². The van der Waals surface area contributed by atoms with Gasteiger partial charge in [-0.2, -0.15) is 0 Å². The Labute approximate surface area is 91.1 Å². The van der Waals surface area contributed by atoms with Crippen molar-refractivity contribution in [3.8, 4) is 0 Å². The zero-order valence-corrected chi connectivity index (χ0v) is 8.88. The lowest BCUT2D eigenvalue weighted by Crippen LogP contribution is -2.19. The number of aromatic amines is 1. The number of nitrogens with zero attached hydrogens (tertiary/aromatic N) is 1. The van der Waals surface area contributed by atoms with Crippen LogP contribution in [0, 0.1) is 0 Å². The summed E-state index contributed by atoms with van der Waals surface area (Å²) in [5, 5.41) is 1.32. The van der Waals surface area contributed by atoms with Gasteiger partial charge in [0.25, 0.3) is 5.56 Å². The highest BCUT2D eigenvalue weighted by molar-refractivity contribution is 6.31. The summed E-state index contributed by atoms with van der Waals surface area (Å²) in [6, 6.07) is 3.15. The average molecular weight is 224 g/mol. The largest absolute Gasteiger partial charge is 0.324 e. The summed E-state index contributed by atoms with van der Waals surface area (Å²) in [5.41, 5.74) is 6.52. The fourth-order valence-electron chi connectivity index (χ4n) is 1.42. The Balaban J connectivity index is 2.77. The summed E-state index contributed by atoms with van der Waals surface area (Å²) >= 11 is 5.80. The van der Waals surface area contributed by atoms with E-state index in [2.05, 4.69) is 9.97 Å². The lowest BCUT2D eigenvalue weighted by Gasteiger charge is -2.05. The molecular formula is C10H10ClN3O. The second-order valence-electron chi connectivity index (χ2n) is 3.43. The van der Waals surface area contributed by atoms with Crippen molar-refractivity contribution in [2.45, 2.75) is 13.0 Å². The van der Waals surface area contributed by atoms with Crippen LogP contribution in [0.4, 0.5) is 0 Å². The quantitative estimate of drug-likeness (QED) is 0.771. The maximum Gasteiger partial charge on any atom is 0.254 e. The Morgan fingerprint density at radius 2 is 2.27 bits per heavy atom. The van der Waals surface area contributed by atoms with E-state index in [-0.39, 0.29) is 11.6 Å². The zero-order chi connectivity index (χ0) is 11.0. The maximum atomic E-state index is 11.6. The predicted molar refractivity (Wildman–Crippen MR) is 60.0 cm³/mol. The predicted octanol–water partition coefficient (Wildman–Crippen LogP) is 1.60. The molecule has 78 valence electrons. The number of hydrogen-bond acceptors (Lipinski definition) is 3. The van der Waals surface area contributed by atoms with Crippen LogP contribution in [0.2, 0.25) is 5.02 Å². The summed E-state index contributed by atoms with van der Waals surface area (Å²) in [4.78, 5) is 18.2. The van der Waals surface area contributed by atoms with Crippen LogP contribution in [0.1, 0.15) is 18.5 Å². The van der Waals surface area contributed by atoms with Gasteiger partial charge in [0.15, 0.2) is 0 Å². The Hall–Kier alpha value is -1.39. The van der Waals surface area contributed by atoms with E-state index in [4.69, 9.17) is 17.3 Å². The van der Waals surface area contributed by atoms with Crippen LogP contribution in [0.5, 0.6) is 0 Å². The normalized spacial score (nSPS) is 13.0. The molecule has 0 saturated heterocycles. The van der Waals surface area contributed by atoms with E-state index in [9.17, 15) is 4.79 Å². The molecular weight excluding hydrogens is 214 g/mol. The molecule has 0 aliphatic carbocycles. The average Bonchev–Trinajstić information content (AvgIpc) is 2.17. The van der Waals surface area contributed by atoms with E-state index in [1.165, 1.54) is 6.20 Å². The molecule has 0 aromatic carbocycles. The summed E-state index contributed by atoms with van der Waals surface area (Å²) in [6.45, 7) is 1.76. The van der Waals surface area contributed by atoms with Gasteiger partial charge in [-0.05, 0) is 19.1 Å². The Kier molecular flexibility index (Phi) is 2.46. The maximum absolute atomic E-state index is 11.6. The van der Waals surface area contributed by atoms with Gasteiger partial charge in [0.05, 0.1) is 5.02 Å². The fourth-order valence-corrected chi connectivity index (χ4v) is 1.59. The standard InChI is InChI=1S/C10H10ClN3O/c1-5(12)8-3-6-2-7(11)4-13-9(6)14-10(8)15/h2-5H,12H2,1H3,(H,13,14,15). The molecule has 2 aromatic rings. The first-order valence-corrected chi connectivity index (χ1v) is 4.90. The molecule has 1 unspecified atom stereocenters. The highest BCUT2D eigenvalue weighted by Crippen LogP contribution is 2.16. The molecule has 0 aliphatic heterocycles. The monoisotopic (exact) mass is 223 g/mol. The van der Waals surface area contributed by atoms with Gasteiger partial charge in [0, 0.05) is 23.2 Å². The molecule has 0 saturated carbocycles. The summed E-state index contributed by atoms with van der Waals surface area (Å²) in [6.07, 6.45) is 1.49. The molecule has 0 aliphatic rings. The van der Waals surface area contributed by atoms with Gasteiger partial charge in [-0.15, -0.1) is 0 Å². The lowest BCUT2D eigenvalue weighted by molar-refractivity contribution is 0.803. The molecule has 15 heavy (non-hydrogen) atoms. The van der Waals surface area contributed by atoms with Gasteiger partial charge in [-0.3, -0.25) is 4.79 Å². The van der Waals surface area contributed by atoms with E-state index >= 15 is 0 Å². The molecule has 2 heterocycles. The van der Waals surface area contributed by atoms with Crippen molar-refractivity contribution in [1.82, 2.24) is 9.97 Å². The van der Waals surface area contributed by atoms with Crippen LogP contribution >= 0.6 is 11.6 Å². The topological polar surface area (TPSA) is 71.8 Å². The number of fused-ring (bicyclic) bond motifs is 1. The molecule has 0 spiro atoms. The Morgan fingerprint density at radius 3 is 2.93 bits per heavy atom. The van der Waals surface area contributed by atoms with E-state index in [0.717, 1.165) is 5.39 Å². The summed E-state index contributed by atoms with van der Waals surface area (Å²) in [7, 11) is 0. The van der Waals surface area contributed by atoms with Crippen LogP contribution in [-0.4, -0.2) is 9.97 Å². The lowest BCUT2D eigenvalue weighted by atomic mass is 10.1. The summed E-state index contributed by atoms with van der Waals surface area (Å²) in [5.74, 6) is 0. The highest BCUT2D eigenvalue weighted by Gasteiger charge is 2.07. The SMILES string of the molecule is CC(N)c1cc2cc(Cl)cnc2[nH]c1=O. The Bertz CT molecular complexity index is 562. The van der Waals surface area contributed by atoms with Gasteiger partial charge < -0.3 is 10.7 Å². The smallest absolute Gasteiger partial charge is 0.254 e. The number of halogens is 1. The third-order valence-electron chi connectivity index (χ3n) is 2.18. The molecule has 0 amide bonds. The van der Waals surface area contributed by atoms with Crippen molar-refractivity contribution in [2.24, 2.45) is 5.73 Å². The van der Waals surface area contributed by atoms with Crippen molar-refractivity contribution < 1.29 is 0 Å². The van der Waals surface area contributed by atoms with E-state index < -0.39 is 0 Å². The highest BCUT2D eigenvalue weighted by atomic mass is 35.5. The first-order valence-electron chi connectivity index (χ1n) is 4.52. The third-order valence-corrected chi connectivity index (χ3v) is 2.39. The third kappa shape index (κ3) is 1.86. The van der Waals surface area contributed by atoms with Gasteiger partial charge in [-0.1, -0.05) is 11.6 Å². The minimum absolute atomic E-state index is 0.202. The van der Waals surface area contributed by atoms with Crippen molar-refractivity contribution >= 4 is 22.6 Å². The fraction of sp³-hybridized carbons (Fsp3) is 0.200. The molecule has 0 radical (unpaired) electrons. The van der Waals surface area contributed by atoms with Crippen molar-refractivity contribution in [3.05, 3.63) is 39.3 Å². The second-order valence-corrected chi connectivity index (χ2v) is 3.87. The first-order chi connectivity index (χ1) is 7.08. The number of nitrogens with one attached hydrogen (secondary N) is 1. The number of hydrogen-bond donors (Lipinski definition) is 2. The minimum atomic E-state index is -0.308. The molecule has 2 aromatic heterocycles. The van der Waals surface area contributed by atoms with E-state index in [0.29, 0.717) is 16.2 Å². The second kappa shape index (κ2) is 3.64. The minimum Gasteiger partial charge on any atom is -0.324 e. The van der Waals surface area contributed by atoms with Crippen molar-refractivity contribution in [3.63, 3.8) is 0 Å². The van der Waals surface area contributed by atoms with Crippen LogP contribution in [0.25, 0.3) is 11.0 Å². The van der Waals surface area contributed by atoms with Crippen LogP contribution in [-0.2, 0) is 0 Å². The number of aromatic nitrogens is 2. The van der Waals surface area contributed by atoms with Crippen molar-refractivity contribution in [1.29, 1.82) is 0 Å². The van der Waals surface area contributed by atoms with Gasteiger partial charge in [0.1, 0.15) is 5.65 Å². The van der Waals surface area contributed by atoms with Gasteiger partial charge >= 0.3 is 0 Å². The zero-order valence-electron chi connectivity index (χ0n) is 8.12. The molecule has 0 fully saturated rings. The van der Waals surface area contributed by atoms with Crippen LogP contribution in [0.3, 0.4) is 0 Å². The molecule has 0 bridgehead atoms. The molecule has 5 heteroatoms. The molecule has 3 N–H and O–H groups in total. The number of rotatable bonds is 1. The molecule has 4 nitrogen and oxygen atoms in total. The van der Waals surface area contributed by atoms with Gasteiger partial charge in [-0.25, -0.2) is 4.98 Å². The molecule has 2 rings (SSSR count). The van der Waals surface area contributed by atoms with E-state index in [1.54, 1.807) is 19.1 Å². The Morgan fingerprint density at radius 1 is 1.53 bits per heavy atom. The molecule has 1 atom stereocenters. The van der Waals surface area contributed by atoms with Crippen LogP contribution < -0.4 is 11.3 Å².